The number of urea groups is 1. The molecule has 0 spiro atoms. The number of carbonyl (C=O) groups excluding carboxylic acids is 2. The van der Waals surface area contributed by atoms with Crippen molar-refractivity contribution in [1.29, 1.82) is 0 Å². The van der Waals surface area contributed by atoms with Crippen molar-refractivity contribution in [3.8, 4) is 11.5 Å². The van der Waals surface area contributed by atoms with Gasteiger partial charge in [-0.25, -0.2) is 9.18 Å². The average Bonchev–Trinajstić information content (AvgIpc) is 2.83. The molecule has 0 atom stereocenters. The molecule has 1 N–H and O–H groups in total. The summed E-state index contributed by atoms with van der Waals surface area (Å²) in [6.45, 7) is 4.69. The van der Waals surface area contributed by atoms with Crippen LogP contribution in [0, 0.1) is 5.82 Å². The summed E-state index contributed by atoms with van der Waals surface area (Å²) in [5.74, 6) is 0.593. The summed E-state index contributed by atoms with van der Waals surface area (Å²) >= 11 is 0. The maximum absolute atomic E-state index is 13.4. The number of fused-ring (bicyclic) bond motifs is 2. The number of ether oxygens (including phenoxy) is 2. The lowest BCUT2D eigenvalue weighted by molar-refractivity contribution is 0.0620. The second-order valence-electron chi connectivity index (χ2n) is 7.62. The van der Waals surface area contributed by atoms with Gasteiger partial charge in [0.25, 0.3) is 0 Å². The quantitative estimate of drug-likeness (QED) is 0.807. The van der Waals surface area contributed by atoms with Gasteiger partial charge in [0.15, 0.2) is 5.78 Å². The molecule has 28 heavy (non-hydrogen) atoms. The van der Waals surface area contributed by atoms with Gasteiger partial charge in [0.05, 0.1) is 25.1 Å². The van der Waals surface area contributed by atoms with E-state index in [-0.39, 0.29) is 30.7 Å². The molecule has 0 saturated carbocycles. The van der Waals surface area contributed by atoms with Gasteiger partial charge < -0.3 is 19.7 Å². The molecular weight excluding hydrogens is 363 g/mol. The molecular formula is C21H21FN2O4. The molecule has 2 heterocycles. The van der Waals surface area contributed by atoms with Gasteiger partial charge in [0.1, 0.15) is 29.5 Å². The van der Waals surface area contributed by atoms with Crippen LogP contribution in [0.1, 0.15) is 36.2 Å². The van der Waals surface area contributed by atoms with Crippen LogP contribution in [0.3, 0.4) is 0 Å². The number of rotatable bonds is 1. The lowest BCUT2D eigenvalue weighted by Gasteiger charge is -2.31. The Kier molecular flexibility index (Phi) is 4.45. The molecule has 6 nitrogen and oxygen atoms in total. The van der Waals surface area contributed by atoms with Crippen molar-refractivity contribution in [2.24, 2.45) is 0 Å². The van der Waals surface area contributed by atoms with E-state index in [1.54, 1.807) is 29.2 Å². The predicted octanol–water partition coefficient (Wildman–Crippen LogP) is 4.00. The molecule has 2 amide bonds. The molecule has 146 valence electrons. The first kappa shape index (κ1) is 18.3. The first-order valence-corrected chi connectivity index (χ1v) is 9.14. The molecule has 0 aromatic heterocycles. The molecule has 0 radical (unpaired) electrons. The van der Waals surface area contributed by atoms with Crippen LogP contribution in [0.5, 0.6) is 11.5 Å². The largest absolute Gasteiger partial charge is 0.491 e. The van der Waals surface area contributed by atoms with Crippen molar-refractivity contribution in [2.45, 2.75) is 32.4 Å². The monoisotopic (exact) mass is 384 g/mol. The Morgan fingerprint density at radius 2 is 2.00 bits per heavy atom. The van der Waals surface area contributed by atoms with Gasteiger partial charge in [-0.3, -0.25) is 4.79 Å². The maximum Gasteiger partial charge on any atom is 0.322 e. The third kappa shape index (κ3) is 3.65. The summed E-state index contributed by atoms with van der Waals surface area (Å²) in [7, 11) is 0. The van der Waals surface area contributed by atoms with Crippen LogP contribution in [0.2, 0.25) is 0 Å². The fraction of sp³-hybridized carbons (Fsp3) is 0.333. The van der Waals surface area contributed by atoms with Crippen LogP contribution >= 0.6 is 0 Å². The van der Waals surface area contributed by atoms with E-state index in [9.17, 15) is 14.0 Å². The number of ketones is 1. The van der Waals surface area contributed by atoms with Crippen molar-refractivity contribution >= 4 is 17.5 Å². The van der Waals surface area contributed by atoms with Crippen molar-refractivity contribution in [1.82, 2.24) is 4.90 Å². The van der Waals surface area contributed by atoms with E-state index in [1.807, 2.05) is 13.8 Å². The average molecular weight is 384 g/mol. The Morgan fingerprint density at radius 3 is 2.82 bits per heavy atom. The Hall–Kier alpha value is -3.09. The van der Waals surface area contributed by atoms with E-state index in [0.29, 0.717) is 35.8 Å². The molecule has 2 aromatic rings. The smallest absolute Gasteiger partial charge is 0.322 e. The summed E-state index contributed by atoms with van der Waals surface area (Å²) in [6.07, 6.45) is 0.286. The van der Waals surface area contributed by atoms with Crippen LogP contribution in [0.25, 0.3) is 0 Å². The molecule has 2 aliphatic heterocycles. The molecule has 0 saturated heterocycles. The van der Waals surface area contributed by atoms with Crippen molar-refractivity contribution in [3.05, 3.63) is 53.3 Å². The topological polar surface area (TPSA) is 67.9 Å². The van der Waals surface area contributed by atoms with Gasteiger partial charge in [-0.1, -0.05) is 6.07 Å². The zero-order valence-corrected chi connectivity index (χ0v) is 15.8. The normalized spacial score (nSPS) is 17.5. The summed E-state index contributed by atoms with van der Waals surface area (Å²) in [6, 6.07) is 9.03. The van der Waals surface area contributed by atoms with E-state index in [1.165, 1.54) is 12.1 Å². The summed E-state index contributed by atoms with van der Waals surface area (Å²) in [5, 5.41) is 2.82. The van der Waals surface area contributed by atoms with Gasteiger partial charge in [0.2, 0.25) is 0 Å². The van der Waals surface area contributed by atoms with E-state index in [4.69, 9.17) is 9.47 Å². The van der Waals surface area contributed by atoms with Gasteiger partial charge in [-0.15, -0.1) is 0 Å². The van der Waals surface area contributed by atoms with Gasteiger partial charge >= 0.3 is 6.03 Å². The second-order valence-corrected chi connectivity index (χ2v) is 7.62. The highest BCUT2D eigenvalue weighted by molar-refractivity contribution is 6.02. The van der Waals surface area contributed by atoms with Gasteiger partial charge in [-0.05, 0) is 38.1 Å². The van der Waals surface area contributed by atoms with Crippen LogP contribution in [-0.2, 0) is 6.54 Å². The number of Topliss-reactive ketones (excluding diaryl/α,β-unsaturated/α-hetero) is 1. The van der Waals surface area contributed by atoms with Crippen molar-refractivity contribution < 1.29 is 23.5 Å². The highest BCUT2D eigenvalue weighted by atomic mass is 19.1. The Morgan fingerprint density at radius 1 is 1.18 bits per heavy atom. The van der Waals surface area contributed by atoms with E-state index >= 15 is 0 Å². The van der Waals surface area contributed by atoms with E-state index in [2.05, 4.69) is 5.32 Å². The number of amides is 2. The lowest BCUT2D eigenvalue weighted by atomic mass is 9.93. The first-order valence-electron chi connectivity index (χ1n) is 9.14. The van der Waals surface area contributed by atoms with Crippen molar-refractivity contribution in [3.63, 3.8) is 0 Å². The summed E-state index contributed by atoms with van der Waals surface area (Å²) in [4.78, 5) is 26.7. The molecule has 2 aromatic carbocycles. The lowest BCUT2D eigenvalue weighted by Crippen LogP contribution is -2.37. The third-order valence-corrected chi connectivity index (χ3v) is 4.80. The number of benzene rings is 2. The standard InChI is InChI=1S/C21H21FN2O4/c1-21(2)11-17(25)16-10-15(5-6-18(16)28-21)23-20(26)24-7-8-27-19-9-14(22)4-3-13(19)12-24/h3-6,9-10H,7-8,11-12H2,1-2H3,(H,23,26). The molecule has 2 aliphatic rings. The minimum atomic E-state index is -0.534. The van der Waals surface area contributed by atoms with E-state index in [0.717, 1.165) is 5.56 Å². The third-order valence-electron chi connectivity index (χ3n) is 4.80. The highest BCUT2D eigenvalue weighted by Crippen LogP contribution is 2.34. The number of nitrogens with zero attached hydrogens (tertiary/aromatic N) is 1. The van der Waals surface area contributed by atoms with Crippen LogP contribution < -0.4 is 14.8 Å². The van der Waals surface area contributed by atoms with Crippen molar-refractivity contribution in [2.75, 3.05) is 18.5 Å². The second kappa shape index (κ2) is 6.82. The predicted molar refractivity (Wildman–Crippen MR) is 101 cm³/mol. The molecule has 0 bridgehead atoms. The first-order chi connectivity index (χ1) is 13.3. The minimum Gasteiger partial charge on any atom is -0.491 e. The van der Waals surface area contributed by atoms with Gasteiger partial charge in [0, 0.05) is 17.3 Å². The zero-order valence-electron chi connectivity index (χ0n) is 15.8. The zero-order chi connectivity index (χ0) is 19.9. The fourth-order valence-corrected chi connectivity index (χ4v) is 3.45. The molecule has 7 heteroatoms. The molecule has 0 aliphatic carbocycles. The SMILES string of the molecule is CC1(C)CC(=O)c2cc(NC(=O)N3CCOc4cc(F)ccc4C3)ccc2O1. The highest BCUT2D eigenvalue weighted by Gasteiger charge is 2.32. The Balaban J connectivity index is 1.50. The van der Waals surface area contributed by atoms with Crippen LogP contribution in [0.4, 0.5) is 14.9 Å². The summed E-state index contributed by atoms with van der Waals surface area (Å²) < 4.78 is 24.8. The number of anilines is 1. The molecule has 0 unspecified atom stereocenters. The number of carbonyl (C=O) groups is 2. The number of hydrogen-bond donors (Lipinski definition) is 1. The molecule has 4 rings (SSSR count). The Labute approximate surface area is 162 Å². The molecule has 0 fully saturated rings. The fourth-order valence-electron chi connectivity index (χ4n) is 3.45. The maximum atomic E-state index is 13.4. The van der Waals surface area contributed by atoms with E-state index < -0.39 is 5.60 Å². The summed E-state index contributed by atoms with van der Waals surface area (Å²) in [5.41, 5.74) is 1.20. The minimum absolute atomic E-state index is 0.0125. The number of halogens is 1. The van der Waals surface area contributed by atoms with Crippen LogP contribution in [-0.4, -0.2) is 35.5 Å². The number of nitrogens with one attached hydrogen (secondary N) is 1. The van der Waals surface area contributed by atoms with Gasteiger partial charge in [-0.2, -0.15) is 0 Å². The number of hydrogen-bond acceptors (Lipinski definition) is 4. The van der Waals surface area contributed by atoms with Crippen LogP contribution in [0.15, 0.2) is 36.4 Å². The Bertz CT molecular complexity index is 957.